The Kier molecular flexibility index (Phi) is 4.08. The van der Waals surface area contributed by atoms with Gasteiger partial charge in [0.2, 0.25) is 5.91 Å². The molecule has 0 saturated carbocycles. The van der Waals surface area contributed by atoms with E-state index in [1.807, 2.05) is 11.9 Å². The van der Waals surface area contributed by atoms with E-state index in [9.17, 15) is 4.79 Å². The van der Waals surface area contributed by atoms with Crippen LogP contribution in [0.2, 0.25) is 0 Å². The minimum Gasteiger partial charge on any atom is -0.338 e. The molecule has 1 aliphatic carbocycles. The molecule has 1 aromatic heterocycles. The summed E-state index contributed by atoms with van der Waals surface area (Å²) in [6, 6.07) is 0.249. The summed E-state index contributed by atoms with van der Waals surface area (Å²) in [5.74, 6) is 0.467. The van der Waals surface area contributed by atoms with Crippen LogP contribution >= 0.6 is 11.3 Å². The maximum atomic E-state index is 12.7. The van der Waals surface area contributed by atoms with Crippen molar-refractivity contribution in [3.63, 3.8) is 0 Å². The Hall–Kier alpha value is -0.940. The zero-order valence-corrected chi connectivity index (χ0v) is 13.1. The molecule has 2 aliphatic rings. The molecule has 0 aromatic carbocycles. The molecule has 1 saturated heterocycles. The lowest BCUT2D eigenvalue weighted by atomic mass is 9.93. The summed E-state index contributed by atoms with van der Waals surface area (Å²) in [6.07, 6.45) is 5.43. The molecule has 1 N–H and O–H groups in total. The van der Waals surface area contributed by atoms with E-state index in [2.05, 4.69) is 17.2 Å². The number of nitrogens with one attached hydrogen (secondary N) is 1. The highest BCUT2D eigenvalue weighted by Crippen LogP contribution is 2.38. The van der Waals surface area contributed by atoms with Gasteiger partial charge in [0, 0.05) is 13.6 Å². The molecule has 2 heterocycles. The molecular weight excluding hydrogens is 270 g/mol. The third-order valence-corrected chi connectivity index (χ3v) is 5.60. The van der Waals surface area contributed by atoms with Gasteiger partial charge in [-0.2, -0.15) is 0 Å². The zero-order chi connectivity index (χ0) is 14.1. The molecule has 0 spiro atoms. The molecular formula is C15H23N3OS. The maximum Gasteiger partial charge on any atom is 0.227 e. The number of hydrogen-bond acceptors (Lipinski definition) is 4. The van der Waals surface area contributed by atoms with Crippen molar-refractivity contribution in [3.8, 4) is 0 Å². The third kappa shape index (κ3) is 2.61. The Morgan fingerprint density at radius 1 is 1.40 bits per heavy atom. The second kappa shape index (κ2) is 5.82. The number of hydrogen-bond donors (Lipinski definition) is 1. The van der Waals surface area contributed by atoms with Crippen LogP contribution in [0.25, 0.3) is 0 Å². The molecule has 5 heteroatoms. The van der Waals surface area contributed by atoms with E-state index in [0.29, 0.717) is 5.91 Å². The van der Waals surface area contributed by atoms with E-state index < -0.39 is 0 Å². The number of aryl methyl sites for hydroxylation is 2. The zero-order valence-electron chi connectivity index (χ0n) is 12.3. The highest BCUT2D eigenvalue weighted by atomic mass is 32.1. The summed E-state index contributed by atoms with van der Waals surface area (Å²) >= 11 is 1.77. The Labute approximate surface area is 124 Å². The number of piperidine rings is 1. The van der Waals surface area contributed by atoms with E-state index in [4.69, 9.17) is 0 Å². The Bertz CT molecular complexity index is 493. The molecule has 1 aliphatic heterocycles. The third-order valence-electron chi connectivity index (χ3n) is 4.49. The first-order valence-corrected chi connectivity index (χ1v) is 8.42. The molecule has 1 fully saturated rings. The summed E-state index contributed by atoms with van der Waals surface area (Å²) in [5.41, 5.74) is 1.23. The fraction of sp³-hybridized carbons (Fsp3) is 0.733. The fourth-order valence-electron chi connectivity index (χ4n) is 3.39. The lowest BCUT2D eigenvalue weighted by molar-refractivity contribution is -0.137. The number of fused-ring (bicyclic) bond motifs is 1. The lowest BCUT2D eigenvalue weighted by Gasteiger charge is -2.34. The fourth-order valence-corrected chi connectivity index (χ4v) is 4.54. The van der Waals surface area contributed by atoms with Crippen molar-refractivity contribution in [2.45, 2.75) is 45.1 Å². The minimum absolute atomic E-state index is 0.160. The van der Waals surface area contributed by atoms with Gasteiger partial charge in [-0.3, -0.25) is 4.79 Å². The monoisotopic (exact) mass is 293 g/mol. The van der Waals surface area contributed by atoms with Gasteiger partial charge in [0.25, 0.3) is 0 Å². The van der Waals surface area contributed by atoms with Crippen LogP contribution < -0.4 is 5.32 Å². The number of thiazole rings is 1. The minimum atomic E-state index is 0.160. The molecule has 2 atom stereocenters. The van der Waals surface area contributed by atoms with E-state index in [0.717, 1.165) is 50.2 Å². The number of carbonyl (C=O) groups is 1. The summed E-state index contributed by atoms with van der Waals surface area (Å²) in [7, 11) is 1.98. The van der Waals surface area contributed by atoms with Crippen molar-refractivity contribution in [1.29, 1.82) is 0 Å². The van der Waals surface area contributed by atoms with Crippen LogP contribution in [0.4, 0.5) is 0 Å². The van der Waals surface area contributed by atoms with Gasteiger partial charge in [-0.1, -0.05) is 0 Å². The Balaban J connectivity index is 1.77. The average Bonchev–Trinajstić information content (AvgIpc) is 2.86. The van der Waals surface area contributed by atoms with Crippen LogP contribution in [0.15, 0.2) is 0 Å². The van der Waals surface area contributed by atoms with Crippen LogP contribution in [0.1, 0.15) is 47.3 Å². The van der Waals surface area contributed by atoms with Crippen LogP contribution in [-0.2, 0) is 11.2 Å². The van der Waals surface area contributed by atoms with Crippen molar-refractivity contribution < 1.29 is 4.79 Å². The van der Waals surface area contributed by atoms with Crippen molar-refractivity contribution in [2.75, 3.05) is 20.1 Å². The first kappa shape index (κ1) is 14.0. The summed E-state index contributed by atoms with van der Waals surface area (Å²) < 4.78 is 0. The van der Waals surface area contributed by atoms with Crippen LogP contribution in [0.3, 0.4) is 0 Å². The quantitative estimate of drug-likeness (QED) is 0.910. The highest BCUT2D eigenvalue weighted by Gasteiger charge is 2.32. The topological polar surface area (TPSA) is 45.2 Å². The summed E-state index contributed by atoms with van der Waals surface area (Å²) in [5, 5.41) is 4.47. The van der Waals surface area contributed by atoms with Gasteiger partial charge in [0.15, 0.2) is 0 Å². The number of aromatic nitrogens is 1. The van der Waals surface area contributed by atoms with Gasteiger partial charge in [0.05, 0.1) is 27.5 Å². The summed E-state index contributed by atoms with van der Waals surface area (Å²) in [4.78, 5) is 20.6. The molecule has 110 valence electrons. The summed E-state index contributed by atoms with van der Waals surface area (Å²) in [6.45, 7) is 3.95. The van der Waals surface area contributed by atoms with Gasteiger partial charge in [-0.05, 0) is 45.6 Å². The van der Waals surface area contributed by atoms with Gasteiger partial charge in [-0.25, -0.2) is 4.98 Å². The van der Waals surface area contributed by atoms with Crippen molar-refractivity contribution >= 4 is 17.2 Å². The molecule has 1 amide bonds. The first-order valence-electron chi connectivity index (χ1n) is 7.60. The molecule has 4 nitrogen and oxygen atoms in total. The average molecular weight is 293 g/mol. The number of carbonyl (C=O) groups excluding carboxylic acids is 1. The number of rotatable bonds is 2. The molecule has 2 unspecified atom stereocenters. The number of amides is 1. The van der Waals surface area contributed by atoms with Gasteiger partial charge < -0.3 is 10.2 Å². The standard InChI is InChI=1S/C15H23N3OS/c1-10-17-12-6-3-7-13(14(12)20-10)18(2)15(19)11-5-4-8-16-9-11/h11,13,16H,3-9H2,1-2H3. The number of nitrogens with zero attached hydrogens (tertiary/aromatic N) is 2. The molecule has 1 aromatic rings. The van der Waals surface area contributed by atoms with Crippen LogP contribution in [0, 0.1) is 12.8 Å². The van der Waals surface area contributed by atoms with Crippen molar-refractivity contribution in [1.82, 2.24) is 15.2 Å². The highest BCUT2D eigenvalue weighted by molar-refractivity contribution is 7.11. The van der Waals surface area contributed by atoms with Crippen molar-refractivity contribution in [2.24, 2.45) is 5.92 Å². The van der Waals surface area contributed by atoms with Gasteiger partial charge in [-0.15, -0.1) is 11.3 Å². The Morgan fingerprint density at radius 2 is 2.25 bits per heavy atom. The van der Waals surface area contributed by atoms with E-state index >= 15 is 0 Å². The smallest absolute Gasteiger partial charge is 0.227 e. The van der Waals surface area contributed by atoms with E-state index in [1.54, 1.807) is 11.3 Å². The molecule has 3 rings (SSSR count). The van der Waals surface area contributed by atoms with Gasteiger partial charge >= 0.3 is 0 Å². The lowest BCUT2D eigenvalue weighted by Crippen LogP contribution is -2.43. The maximum absolute atomic E-state index is 12.7. The second-order valence-corrected chi connectivity index (χ2v) is 7.18. The normalized spacial score (nSPS) is 26.1. The molecule has 20 heavy (non-hydrogen) atoms. The van der Waals surface area contributed by atoms with E-state index in [1.165, 1.54) is 10.6 Å². The SMILES string of the molecule is Cc1nc2c(s1)C(N(C)C(=O)C1CCCNC1)CCC2. The van der Waals surface area contributed by atoms with Gasteiger partial charge in [0.1, 0.15) is 0 Å². The Morgan fingerprint density at radius 3 is 3.00 bits per heavy atom. The first-order chi connectivity index (χ1) is 9.66. The second-order valence-electron chi connectivity index (χ2n) is 5.94. The predicted octanol–water partition coefficient (Wildman–Crippen LogP) is 2.29. The molecule has 0 radical (unpaired) electrons. The molecule has 0 bridgehead atoms. The van der Waals surface area contributed by atoms with Crippen LogP contribution in [-0.4, -0.2) is 35.9 Å². The largest absolute Gasteiger partial charge is 0.338 e. The van der Waals surface area contributed by atoms with Crippen LogP contribution in [0.5, 0.6) is 0 Å². The van der Waals surface area contributed by atoms with E-state index in [-0.39, 0.29) is 12.0 Å². The van der Waals surface area contributed by atoms with Crippen molar-refractivity contribution in [3.05, 3.63) is 15.6 Å². The predicted molar refractivity (Wildman–Crippen MR) is 80.9 cm³/mol.